The van der Waals surface area contributed by atoms with Gasteiger partial charge in [0, 0.05) is 13.1 Å². The van der Waals surface area contributed by atoms with Crippen LogP contribution in [0.4, 0.5) is 11.5 Å². The fraction of sp³-hybridized carbons (Fsp3) is 0.600. The molecule has 3 N–H and O–H groups in total. The van der Waals surface area contributed by atoms with Crippen molar-refractivity contribution in [1.29, 1.82) is 0 Å². The maximum atomic E-state index is 5.85. The van der Waals surface area contributed by atoms with E-state index in [1.54, 1.807) is 14.0 Å². The number of nitrogen functional groups attached to an aromatic ring is 1. The third-order valence-corrected chi connectivity index (χ3v) is 2.07. The first-order valence-corrected chi connectivity index (χ1v) is 5.11. The van der Waals surface area contributed by atoms with Gasteiger partial charge in [0.15, 0.2) is 5.82 Å². The van der Waals surface area contributed by atoms with Crippen LogP contribution in [0.3, 0.4) is 0 Å². The van der Waals surface area contributed by atoms with Crippen LogP contribution in [0.1, 0.15) is 5.82 Å². The summed E-state index contributed by atoms with van der Waals surface area (Å²) in [5, 5.41) is 3.16. The molecule has 0 spiro atoms. The monoisotopic (exact) mass is 225 g/mol. The van der Waals surface area contributed by atoms with E-state index in [1.165, 1.54) is 0 Å². The zero-order valence-electron chi connectivity index (χ0n) is 10.2. The Balaban J connectivity index is 2.75. The van der Waals surface area contributed by atoms with Crippen molar-refractivity contribution < 1.29 is 4.74 Å². The molecule has 0 aliphatic rings. The first-order valence-electron chi connectivity index (χ1n) is 5.11. The normalized spacial score (nSPS) is 10.6. The van der Waals surface area contributed by atoms with Crippen LogP contribution in [-0.4, -0.2) is 49.2 Å². The molecule has 0 saturated carbocycles. The van der Waals surface area contributed by atoms with Crippen molar-refractivity contribution in [3.8, 4) is 5.88 Å². The van der Waals surface area contributed by atoms with Crippen LogP contribution in [0.2, 0.25) is 0 Å². The Kier molecular flexibility index (Phi) is 4.30. The van der Waals surface area contributed by atoms with Gasteiger partial charge in [0.05, 0.1) is 7.11 Å². The molecular weight excluding hydrogens is 206 g/mol. The first-order chi connectivity index (χ1) is 7.54. The van der Waals surface area contributed by atoms with Crippen LogP contribution < -0.4 is 15.8 Å². The molecule has 0 radical (unpaired) electrons. The van der Waals surface area contributed by atoms with Gasteiger partial charge in [0.25, 0.3) is 0 Å². The molecule has 1 rings (SSSR count). The van der Waals surface area contributed by atoms with E-state index >= 15 is 0 Å². The molecule has 0 saturated heterocycles. The molecule has 6 nitrogen and oxygen atoms in total. The standard InChI is InChI=1S/C10H19N5O/c1-7-13-9(12-5-6-15(2)3)8(11)10(14-7)16-4/h5-6,11H2,1-4H3,(H,12,13,14). The van der Waals surface area contributed by atoms with Gasteiger partial charge in [-0.15, -0.1) is 0 Å². The second-order valence-electron chi connectivity index (χ2n) is 3.77. The third-order valence-electron chi connectivity index (χ3n) is 2.07. The predicted molar refractivity (Wildman–Crippen MR) is 64.8 cm³/mol. The van der Waals surface area contributed by atoms with Crippen molar-refractivity contribution in [2.75, 3.05) is 45.3 Å². The fourth-order valence-electron chi connectivity index (χ4n) is 1.24. The first kappa shape index (κ1) is 12.5. The number of ether oxygens (including phenoxy) is 1. The van der Waals surface area contributed by atoms with Gasteiger partial charge in [-0.2, -0.15) is 4.98 Å². The average molecular weight is 225 g/mol. The fourth-order valence-corrected chi connectivity index (χ4v) is 1.24. The number of rotatable bonds is 5. The second-order valence-corrected chi connectivity index (χ2v) is 3.77. The highest BCUT2D eigenvalue weighted by Gasteiger charge is 2.09. The van der Waals surface area contributed by atoms with Crippen LogP contribution in [-0.2, 0) is 0 Å². The van der Waals surface area contributed by atoms with Crippen molar-refractivity contribution in [3.63, 3.8) is 0 Å². The summed E-state index contributed by atoms with van der Waals surface area (Å²) in [4.78, 5) is 10.4. The van der Waals surface area contributed by atoms with Crippen LogP contribution in [0.5, 0.6) is 5.88 Å². The number of methoxy groups -OCH3 is 1. The van der Waals surface area contributed by atoms with Gasteiger partial charge in [0.1, 0.15) is 11.5 Å². The smallest absolute Gasteiger partial charge is 0.242 e. The number of hydrogen-bond donors (Lipinski definition) is 2. The van der Waals surface area contributed by atoms with Crippen molar-refractivity contribution in [2.45, 2.75) is 6.92 Å². The van der Waals surface area contributed by atoms with E-state index in [2.05, 4.69) is 20.2 Å². The molecule has 0 unspecified atom stereocenters. The number of nitrogens with one attached hydrogen (secondary N) is 1. The minimum atomic E-state index is 0.417. The molecule has 1 aromatic rings. The Labute approximate surface area is 95.8 Å². The maximum Gasteiger partial charge on any atom is 0.242 e. The molecule has 6 heteroatoms. The zero-order valence-corrected chi connectivity index (χ0v) is 10.2. The number of nitrogens with two attached hydrogens (primary N) is 1. The van der Waals surface area contributed by atoms with Crippen LogP contribution in [0.25, 0.3) is 0 Å². The van der Waals surface area contributed by atoms with Crippen LogP contribution >= 0.6 is 0 Å². The van der Waals surface area contributed by atoms with Gasteiger partial charge in [0.2, 0.25) is 5.88 Å². The van der Waals surface area contributed by atoms with Gasteiger partial charge in [-0.1, -0.05) is 0 Å². The molecule has 0 amide bonds. The molecule has 1 aromatic heterocycles. The van der Waals surface area contributed by atoms with Crippen molar-refractivity contribution >= 4 is 11.5 Å². The molecule has 0 aliphatic heterocycles. The topological polar surface area (TPSA) is 76.3 Å². The Morgan fingerprint density at radius 1 is 1.38 bits per heavy atom. The van der Waals surface area contributed by atoms with Crippen molar-refractivity contribution in [3.05, 3.63) is 5.82 Å². The summed E-state index contributed by atoms with van der Waals surface area (Å²) >= 11 is 0. The number of likely N-dealkylation sites (N-methyl/N-ethyl adjacent to an activating group) is 1. The SMILES string of the molecule is COc1nc(C)nc(NCCN(C)C)c1N. The highest BCUT2D eigenvalue weighted by molar-refractivity contribution is 5.66. The number of aryl methyl sites for hydroxylation is 1. The zero-order chi connectivity index (χ0) is 12.1. The van der Waals surface area contributed by atoms with E-state index in [1.807, 2.05) is 14.1 Å². The molecule has 1 heterocycles. The number of anilines is 2. The molecule has 0 fully saturated rings. The van der Waals surface area contributed by atoms with Gasteiger partial charge in [-0.05, 0) is 21.0 Å². The predicted octanol–water partition coefficient (Wildman–Crippen LogP) is 0.349. The van der Waals surface area contributed by atoms with Crippen molar-refractivity contribution in [2.24, 2.45) is 0 Å². The number of hydrogen-bond acceptors (Lipinski definition) is 6. The Hall–Kier alpha value is -1.56. The van der Waals surface area contributed by atoms with E-state index in [0.717, 1.165) is 13.1 Å². The molecular formula is C10H19N5O. The van der Waals surface area contributed by atoms with E-state index in [4.69, 9.17) is 10.5 Å². The summed E-state index contributed by atoms with van der Waals surface area (Å²) in [5.74, 6) is 1.68. The van der Waals surface area contributed by atoms with Gasteiger partial charge < -0.3 is 20.7 Å². The lowest BCUT2D eigenvalue weighted by atomic mass is 10.4. The summed E-state index contributed by atoms with van der Waals surface area (Å²) in [6.07, 6.45) is 0. The highest BCUT2D eigenvalue weighted by atomic mass is 16.5. The number of nitrogens with zero attached hydrogens (tertiary/aromatic N) is 3. The molecule has 0 bridgehead atoms. The summed E-state index contributed by atoms with van der Waals surface area (Å²) in [6, 6.07) is 0. The van der Waals surface area contributed by atoms with E-state index < -0.39 is 0 Å². The largest absolute Gasteiger partial charge is 0.479 e. The van der Waals surface area contributed by atoms with Gasteiger partial charge >= 0.3 is 0 Å². The minimum Gasteiger partial charge on any atom is -0.479 e. The Bertz CT molecular complexity index is 353. The van der Waals surface area contributed by atoms with Crippen molar-refractivity contribution in [1.82, 2.24) is 14.9 Å². The molecule has 0 aliphatic carbocycles. The molecule has 0 aromatic carbocycles. The highest BCUT2D eigenvalue weighted by Crippen LogP contribution is 2.24. The molecule has 90 valence electrons. The Morgan fingerprint density at radius 3 is 2.62 bits per heavy atom. The third kappa shape index (κ3) is 3.23. The summed E-state index contributed by atoms with van der Waals surface area (Å²) in [5.41, 5.74) is 6.30. The summed E-state index contributed by atoms with van der Waals surface area (Å²) in [7, 11) is 5.56. The lowest BCUT2D eigenvalue weighted by molar-refractivity contribution is 0.398. The Morgan fingerprint density at radius 2 is 2.06 bits per heavy atom. The number of aromatic nitrogens is 2. The van der Waals surface area contributed by atoms with Crippen LogP contribution in [0.15, 0.2) is 0 Å². The van der Waals surface area contributed by atoms with Gasteiger partial charge in [-0.3, -0.25) is 0 Å². The van der Waals surface area contributed by atoms with E-state index in [-0.39, 0.29) is 0 Å². The van der Waals surface area contributed by atoms with E-state index in [9.17, 15) is 0 Å². The molecule has 0 atom stereocenters. The summed E-state index contributed by atoms with van der Waals surface area (Å²) in [6.45, 7) is 3.49. The van der Waals surface area contributed by atoms with Crippen LogP contribution in [0, 0.1) is 6.92 Å². The molecule has 16 heavy (non-hydrogen) atoms. The maximum absolute atomic E-state index is 5.85. The second kappa shape index (κ2) is 5.50. The van der Waals surface area contributed by atoms with Gasteiger partial charge in [-0.25, -0.2) is 4.98 Å². The average Bonchev–Trinajstić information content (AvgIpc) is 2.22. The quantitative estimate of drug-likeness (QED) is 0.753. The van der Waals surface area contributed by atoms with E-state index in [0.29, 0.717) is 23.2 Å². The minimum absolute atomic E-state index is 0.417. The lowest BCUT2D eigenvalue weighted by Crippen LogP contribution is -2.21. The lowest BCUT2D eigenvalue weighted by Gasteiger charge is -2.13. The summed E-state index contributed by atoms with van der Waals surface area (Å²) < 4.78 is 5.07.